The first-order valence-corrected chi connectivity index (χ1v) is 19.7. The largest absolute Gasteiger partial charge is 0.472 e. The summed E-state index contributed by atoms with van der Waals surface area (Å²) in [5.41, 5.74) is 10.2. The molecular formula is C27H46N8O18P2. The van der Waals surface area contributed by atoms with Gasteiger partial charge in [-0.3, -0.25) is 27.7 Å². The van der Waals surface area contributed by atoms with Gasteiger partial charge in [-0.25, -0.2) is 28.5 Å². The molecule has 0 aliphatic carbocycles. The second-order valence-electron chi connectivity index (χ2n) is 12.1. The van der Waals surface area contributed by atoms with E-state index in [0.717, 1.165) is 11.0 Å². The number of primary amides is 2. The number of nitrogens with zero attached hydrogens (tertiary/aromatic N) is 6. The number of hydrogen-bond acceptors (Lipinski definition) is 20. The molecule has 2 aromatic heterocycles. The highest BCUT2D eigenvalue weighted by atomic mass is 31.2. The van der Waals surface area contributed by atoms with Crippen molar-refractivity contribution >= 4 is 27.5 Å². The Morgan fingerprint density at radius 2 is 1.20 bits per heavy atom. The quantitative estimate of drug-likeness (QED) is 0.0628. The second kappa shape index (κ2) is 19.5. The van der Waals surface area contributed by atoms with Crippen LogP contribution in [0.2, 0.25) is 0 Å². The Hall–Kier alpha value is -2.88. The highest BCUT2D eigenvalue weighted by Crippen LogP contribution is 2.47. The molecule has 5 heterocycles. The Balaban J connectivity index is 0.000000246. The van der Waals surface area contributed by atoms with Gasteiger partial charge in [0.25, 0.3) is 11.8 Å². The van der Waals surface area contributed by atoms with Crippen molar-refractivity contribution in [1.82, 2.24) is 29.5 Å². The fourth-order valence-corrected chi connectivity index (χ4v) is 6.66. The number of rotatable bonds is 20. The van der Waals surface area contributed by atoms with E-state index in [1.54, 1.807) is 27.7 Å². The number of carbonyl (C=O) groups is 2. The SMILES string of the molecule is CCOCCOP(=O)(O)OC[C@H]1O[C@@H](n2cnc(C(N)=O)n2)C(O)[C@H]1O.CCOCCOP(=O)(O)OC[C@H]1O[C@@H](n2cnc(C(N)=O)n2)C2OC(C)(C)O[C@H]21. The second-order valence-corrected chi connectivity index (χ2v) is 15.0. The van der Waals surface area contributed by atoms with Gasteiger partial charge in [0, 0.05) is 13.2 Å². The monoisotopic (exact) mass is 832 g/mol. The third-order valence-electron chi connectivity index (χ3n) is 7.62. The van der Waals surface area contributed by atoms with Crippen molar-refractivity contribution < 1.29 is 85.2 Å². The molecule has 3 fully saturated rings. The van der Waals surface area contributed by atoms with Crippen LogP contribution >= 0.6 is 15.6 Å². The molecule has 10 atom stereocenters. The van der Waals surface area contributed by atoms with Gasteiger partial charge in [-0.1, -0.05) is 0 Å². The first-order valence-electron chi connectivity index (χ1n) is 16.7. The number of aliphatic hydroxyl groups excluding tert-OH is 2. The Morgan fingerprint density at radius 3 is 1.67 bits per heavy atom. The van der Waals surface area contributed by atoms with Crippen molar-refractivity contribution in [3.05, 3.63) is 24.3 Å². The molecule has 0 bridgehead atoms. The van der Waals surface area contributed by atoms with Gasteiger partial charge in [0.1, 0.15) is 49.3 Å². The van der Waals surface area contributed by atoms with Crippen LogP contribution in [0.1, 0.15) is 61.4 Å². The van der Waals surface area contributed by atoms with Gasteiger partial charge in [0.15, 0.2) is 18.2 Å². The van der Waals surface area contributed by atoms with Crippen molar-refractivity contribution in [2.24, 2.45) is 11.5 Å². The topological polar surface area (TPSA) is 355 Å². The summed E-state index contributed by atoms with van der Waals surface area (Å²) in [6, 6.07) is 0. The van der Waals surface area contributed by atoms with Crippen LogP contribution in [0.3, 0.4) is 0 Å². The van der Waals surface area contributed by atoms with Gasteiger partial charge in [-0.15, -0.1) is 10.2 Å². The summed E-state index contributed by atoms with van der Waals surface area (Å²) >= 11 is 0. The third-order valence-corrected chi connectivity index (χ3v) is 9.59. The van der Waals surface area contributed by atoms with Gasteiger partial charge in [-0.2, -0.15) is 0 Å². The number of hydrogen-bond donors (Lipinski definition) is 6. The minimum Gasteiger partial charge on any atom is -0.387 e. The van der Waals surface area contributed by atoms with Crippen LogP contribution in [0, 0.1) is 0 Å². The van der Waals surface area contributed by atoms with E-state index < -0.39 is 88.9 Å². The minimum absolute atomic E-state index is 0.0939. The zero-order valence-corrected chi connectivity index (χ0v) is 32.0. The summed E-state index contributed by atoms with van der Waals surface area (Å²) in [4.78, 5) is 49.1. The van der Waals surface area contributed by atoms with E-state index in [4.69, 9.17) is 53.5 Å². The van der Waals surface area contributed by atoms with Crippen molar-refractivity contribution in [1.29, 1.82) is 0 Å². The summed E-state index contributed by atoms with van der Waals surface area (Å²) in [7, 11) is -8.69. The molecule has 0 saturated carbocycles. The summed E-state index contributed by atoms with van der Waals surface area (Å²) in [6.45, 7) is 7.11. The summed E-state index contributed by atoms with van der Waals surface area (Å²) in [5, 5.41) is 27.8. The lowest BCUT2D eigenvalue weighted by molar-refractivity contribution is -0.201. The summed E-state index contributed by atoms with van der Waals surface area (Å²) < 4.78 is 78.4. The fraction of sp³-hybridized carbons (Fsp3) is 0.778. The highest BCUT2D eigenvalue weighted by molar-refractivity contribution is 7.47. The molecule has 4 unspecified atom stereocenters. The molecule has 8 N–H and O–H groups in total. The Bertz CT molecular complexity index is 1660. The predicted molar refractivity (Wildman–Crippen MR) is 177 cm³/mol. The van der Waals surface area contributed by atoms with Crippen molar-refractivity contribution in [3.8, 4) is 0 Å². The molecule has 312 valence electrons. The van der Waals surface area contributed by atoms with E-state index in [2.05, 4.69) is 24.7 Å². The Labute approximate surface area is 313 Å². The lowest BCUT2D eigenvalue weighted by atomic mass is 10.1. The van der Waals surface area contributed by atoms with Gasteiger partial charge in [-0.05, 0) is 27.7 Å². The van der Waals surface area contributed by atoms with Crippen LogP contribution in [0.4, 0.5) is 0 Å². The molecule has 3 aliphatic heterocycles. The molecule has 0 aromatic carbocycles. The van der Waals surface area contributed by atoms with Crippen LogP contribution in [-0.2, 0) is 55.6 Å². The van der Waals surface area contributed by atoms with Crippen LogP contribution < -0.4 is 11.5 Å². The number of phosphoric acid groups is 2. The van der Waals surface area contributed by atoms with Crippen molar-refractivity contribution in [3.63, 3.8) is 0 Å². The molecule has 3 saturated heterocycles. The molecular weight excluding hydrogens is 786 g/mol. The Morgan fingerprint density at radius 1 is 0.745 bits per heavy atom. The number of phosphoric ester groups is 2. The maximum absolute atomic E-state index is 12.0. The van der Waals surface area contributed by atoms with E-state index >= 15 is 0 Å². The number of carbonyl (C=O) groups excluding carboxylic acids is 2. The first-order chi connectivity index (χ1) is 25.9. The van der Waals surface area contributed by atoms with E-state index in [-0.39, 0.29) is 44.7 Å². The first kappa shape index (κ1) is 44.8. The number of aromatic nitrogens is 6. The van der Waals surface area contributed by atoms with E-state index in [0.29, 0.717) is 13.2 Å². The lowest BCUT2D eigenvalue weighted by Crippen LogP contribution is -2.33. The average Bonchev–Trinajstić information content (AvgIpc) is 3.94. The number of amides is 2. The van der Waals surface area contributed by atoms with Gasteiger partial charge in [0.05, 0.1) is 39.6 Å². The third kappa shape index (κ3) is 12.6. The smallest absolute Gasteiger partial charge is 0.387 e. The molecule has 2 aromatic rings. The van der Waals surface area contributed by atoms with Crippen LogP contribution in [0.15, 0.2) is 12.7 Å². The highest BCUT2D eigenvalue weighted by Gasteiger charge is 2.56. The van der Waals surface area contributed by atoms with Crippen molar-refractivity contribution in [2.45, 2.75) is 82.6 Å². The van der Waals surface area contributed by atoms with Crippen molar-refractivity contribution in [2.75, 3.05) is 52.9 Å². The maximum Gasteiger partial charge on any atom is 0.472 e. The Kier molecular flexibility index (Phi) is 15.9. The number of ether oxygens (including phenoxy) is 6. The average molecular weight is 833 g/mol. The summed E-state index contributed by atoms with van der Waals surface area (Å²) in [6.07, 6.45) is -5.61. The molecule has 3 aliphatic rings. The fourth-order valence-electron chi connectivity index (χ4n) is 5.23. The summed E-state index contributed by atoms with van der Waals surface area (Å²) in [5.74, 6) is -3.04. The molecule has 0 spiro atoms. The molecule has 2 amide bonds. The molecule has 26 nitrogen and oxygen atoms in total. The molecule has 5 rings (SSSR count). The number of nitrogens with two attached hydrogens (primary N) is 2. The van der Waals surface area contributed by atoms with Gasteiger partial charge < -0.3 is 59.9 Å². The predicted octanol–water partition coefficient (Wildman–Crippen LogP) is -1.87. The van der Waals surface area contributed by atoms with Crippen LogP contribution in [0.25, 0.3) is 0 Å². The maximum atomic E-state index is 12.0. The number of fused-ring (bicyclic) bond motifs is 1. The number of aliphatic hydroxyl groups is 2. The van der Waals surface area contributed by atoms with Crippen LogP contribution in [0.5, 0.6) is 0 Å². The van der Waals surface area contributed by atoms with Crippen LogP contribution in [-0.4, -0.2) is 157 Å². The van der Waals surface area contributed by atoms with E-state index in [1.165, 1.54) is 11.0 Å². The molecule has 28 heteroatoms. The van der Waals surface area contributed by atoms with Gasteiger partial charge >= 0.3 is 15.6 Å². The molecule has 0 radical (unpaired) electrons. The van der Waals surface area contributed by atoms with E-state index in [9.17, 15) is 38.7 Å². The lowest BCUT2D eigenvalue weighted by Gasteiger charge is -2.24. The zero-order valence-electron chi connectivity index (χ0n) is 30.2. The van der Waals surface area contributed by atoms with Gasteiger partial charge in [0.2, 0.25) is 11.6 Å². The standard InChI is InChI=1S/C15H25N4O9P.C12H21N4O9P/c1-4-23-5-6-24-29(21,22)25-7-9-10-11(28-15(2,3)27-10)14(26-9)19-8-17-13(18-19)12(16)20;1-2-22-3-4-23-26(20,21)24-5-7-8(17)9(18)12(25-7)16-6-14-11(15-16)10(13)19/h8-11,14H,4-7H2,1-3H3,(H2,16,20)(H,21,22);6-9,12,17-18H,2-5H2,1H3,(H2,13,19)(H,20,21)/t9-,10+,11?,14-;7-,8+,9?,12-/m11/s1. The minimum atomic E-state index is -4.38. The van der Waals surface area contributed by atoms with E-state index in [1.807, 2.05) is 0 Å². The zero-order chi connectivity index (χ0) is 40.6. The molecule has 55 heavy (non-hydrogen) atoms. The normalized spacial score (nSPS) is 29.2.